The Bertz CT molecular complexity index is 598. The lowest BCUT2D eigenvalue weighted by atomic mass is 10.1. The lowest BCUT2D eigenvalue weighted by Crippen LogP contribution is -1.96. The molecule has 0 atom stereocenters. The molecule has 0 aliphatic carbocycles. The number of hydrogen-bond acceptors (Lipinski definition) is 4. The number of fused-ring (bicyclic) bond motifs is 1. The van der Waals surface area contributed by atoms with Crippen LogP contribution in [0.1, 0.15) is 11.5 Å². The number of aromatic nitrogens is 1. The minimum atomic E-state index is -1.09. The summed E-state index contributed by atoms with van der Waals surface area (Å²) in [6.07, 6.45) is 0.980. The fourth-order valence-corrected chi connectivity index (χ4v) is 1.61. The maximum Gasteiger partial charge on any atom is 0.328 e. The van der Waals surface area contributed by atoms with Crippen LogP contribution in [0, 0.1) is 6.92 Å². The zero-order valence-electron chi connectivity index (χ0n) is 9.17. The molecule has 0 saturated carbocycles. The zero-order chi connectivity index (χ0) is 12.4. The lowest BCUT2D eigenvalue weighted by Gasteiger charge is -2.02. The second kappa shape index (κ2) is 4.39. The summed E-state index contributed by atoms with van der Waals surface area (Å²) in [6.45, 7) is 1.40. The van der Waals surface area contributed by atoms with Gasteiger partial charge in [-0.3, -0.25) is 0 Å². The van der Waals surface area contributed by atoms with E-state index in [4.69, 9.17) is 14.6 Å². The predicted molar refractivity (Wildman–Crippen MR) is 61.4 cm³/mol. The highest BCUT2D eigenvalue weighted by molar-refractivity contribution is 5.91. The van der Waals surface area contributed by atoms with Crippen molar-refractivity contribution in [1.82, 2.24) is 4.98 Å². The van der Waals surface area contributed by atoms with E-state index in [0.29, 0.717) is 28.1 Å². The van der Waals surface area contributed by atoms with E-state index in [9.17, 15) is 4.79 Å². The molecule has 1 aromatic heterocycles. The fraction of sp³-hybridized carbons (Fsp3) is 0.167. The van der Waals surface area contributed by atoms with Crippen LogP contribution in [0.5, 0.6) is 0 Å². The van der Waals surface area contributed by atoms with Gasteiger partial charge in [0.2, 0.25) is 0 Å². The Hall–Kier alpha value is -2.14. The number of aliphatic hydroxyl groups excluding tert-OH is 1. The summed E-state index contributed by atoms with van der Waals surface area (Å²) in [5, 5.41) is 17.8. The standard InChI is InChI=1S/C12H11NO4/c1-7-13-10-4-8(2-3-11(10)17-7)9(6-14)5-12(15)16/h2-5,14H,6H2,1H3,(H,15,16)/b9-5+. The monoisotopic (exact) mass is 233 g/mol. The maximum atomic E-state index is 10.6. The minimum Gasteiger partial charge on any atom is -0.478 e. The summed E-state index contributed by atoms with van der Waals surface area (Å²) in [6, 6.07) is 5.09. The maximum absolute atomic E-state index is 10.6. The first-order chi connectivity index (χ1) is 8.10. The van der Waals surface area contributed by atoms with E-state index in [2.05, 4.69) is 4.98 Å². The Balaban J connectivity index is 2.51. The molecule has 0 aliphatic heterocycles. The molecule has 17 heavy (non-hydrogen) atoms. The molecule has 0 radical (unpaired) electrons. The third-order valence-corrected chi connectivity index (χ3v) is 2.33. The number of nitrogens with zero attached hydrogens (tertiary/aromatic N) is 1. The van der Waals surface area contributed by atoms with E-state index >= 15 is 0 Å². The summed E-state index contributed by atoms with van der Waals surface area (Å²) in [5.74, 6) is -0.546. The number of aliphatic carboxylic acids is 1. The second-order valence-electron chi connectivity index (χ2n) is 3.58. The van der Waals surface area contributed by atoms with Crippen molar-refractivity contribution in [2.45, 2.75) is 6.92 Å². The van der Waals surface area contributed by atoms with E-state index in [0.717, 1.165) is 6.08 Å². The summed E-state index contributed by atoms with van der Waals surface area (Å²) >= 11 is 0. The van der Waals surface area contributed by atoms with Gasteiger partial charge in [-0.15, -0.1) is 0 Å². The quantitative estimate of drug-likeness (QED) is 0.786. The van der Waals surface area contributed by atoms with Gasteiger partial charge in [-0.05, 0) is 23.3 Å². The van der Waals surface area contributed by atoms with Gasteiger partial charge in [-0.1, -0.05) is 6.07 Å². The Kier molecular flexibility index (Phi) is 2.93. The molecule has 5 nitrogen and oxygen atoms in total. The van der Waals surface area contributed by atoms with E-state index in [-0.39, 0.29) is 6.61 Å². The Morgan fingerprint density at radius 2 is 2.29 bits per heavy atom. The molecule has 0 fully saturated rings. The smallest absolute Gasteiger partial charge is 0.328 e. The highest BCUT2D eigenvalue weighted by Gasteiger charge is 2.07. The average Bonchev–Trinajstić information content (AvgIpc) is 2.64. The first kappa shape index (κ1) is 11.3. The van der Waals surface area contributed by atoms with Crippen LogP contribution in [-0.2, 0) is 4.79 Å². The Morgan fingerprint density at radius 3 is 2.94 bits per heavy atom. The molecule has 0 spiro atoms. The third kappa shape index (κ3) is 2.34. The van der Waals surface area contributed by atoms with Crippen molar-refractivity contribution >= 4 is 22.6 Å². The second-order valence-corrected chi connectivity index (χ2v) is 3.58. The van der Waals surface area contributed by atoms with Gasteiger partial charge in [0.15, 0.2) is 11.5 Å². The van der Waals surface area contributed by atoms with Crippen LogP contribution in [0.25, 0.3) is 16.7 Å². The number of benzene rings is 1. The summed E-state index contributed by atoms with van der Waals surface area (Å²) < 4.78 is 5.31. The zero-order valence-corrected chi connectivity index (χ0v) is 9.17. The van der Waals surface area contributed by atoms with Crippen molar-refractivity contribution < 1.29 is 19.4 Å². The highest BCUT2D eigenvalue weighted by atomic mass is 16.4. The van der Waals surface area contributed by atoms with Crippen LogP contribution >= 0.6 is 0 Å². The topological polar surface area (TPSA) is 83.6 Å². The Labute approximate surface area is 97.0 Å². The molecule has 88 valence electrons. The molecule has 0 unspecified atom stereocenters. The average molecular weight is 233 g/mol. The van der Waals surface area contributed by atoms with Crippen molar-refractivity contribution in [3.8, 4) is 0 Å². The molecule has 5 heteroatoms. The van der Waals surface area contributed by atoms with Crippen molar-refractivity contribution in [2.24, 2.45) is 0 Å². The lowest BCUT2D eigenvalue weighted by molar-refractivity contribution is -0.131. The molecular formula is C12H11NO4. The molecule has 0 bridgehead atoms. The molecule has 2 rings (SSSR count). The molecule has 2 aromatic rings. The highest BCUT2D eigenvalue weighted by Crippen LogP contribution is 2.21. The van der Waals surface area contributed by atoms with E-state index in [1.165, 1.54) is 0 Å². The minimum absolute atomic E-state index is 0.333. The Morgan fingerprint density at radius 1 is 1.53 bits per heavy atom. The first-order valence-corrected chi connectivity index (χ1v) is 5.02. The number of rotatable bonds is 3. The number of aryl methyl sites for hydroxylation is 1. The van der Waals surface area contributed by atoms with E-state index in [1.54, 1.807) is 25.1 Å². The van der Waals surface area contributed by atoms with Crippen LogP contribution in [0.2, 0.25) is 0 Å². The van der Waals surface area contributed by atoms with Crippen molar-refractivity contribution in [2.75, 3.05) is 6.61 Å². The van der Waals surface area contributed by atoms with Gasteiger partial charge in [-0.25, -0.2) is 9.78 Å². The van der Waals surface area contributed by atoms with Gasteiger partial charge in [0.1, 0.15) is 5.52 Å². The molecule has 1 heterocycles. The number of aliphatic hydroxyl groups is 1. The molecule has 0 aliphatic rings. The summed E-state index contributed by atoms with van der Waals surface area (Å²) in [5.41, 5.74) is 2.24. The number of carboxylic acid groups (broad SMARTS) is 1. The van der Waals surface area contributed by atoms with Gasteiger partial charge in [-0.2, -0.15) is 0 Å². The van der Waals surface area contributed by atoms with Crippen LogP contribution in [0.3, 0.4) is 0 Å². The summed E-state index contributed by atoms with van der Waals surface area (Å²) in [7, 11) is 0. The molecular weight excluding hydrogens is 222 g/mol. The van der Waals surface area contributed by atoms with Gasteiger partial charge in [0, 0.05) is 13.0 Å². The number of oxazole rings is 1. The predicted octanol–water partition coefficient (Wildman–Crippen LogP) is 1.60. The first-order valence-electron chi connectivity index (χ1n) is 5.02. The van der Waals surface area contributed by atoms with Crippen LogP contribution in [0.4, 0.5) is 0 Å². The van der Waals surface area contributed by atoms with Crippen molar-refractivity contribution in [3.05, 3.63) is 35.7 Å². The van der Waals surface area contributed by atoms with Crippen LogP contribution in [0.15, 0.2) is 28.7 Å². The number of carboxylic acids is 1. The van der Waals surface area contributed by atoms with Gasteiger partial charge in [0.05, 0.1) is 6.61 Å². The van der Waals surface area contributed by atoms with Gasteiger partial charge in [0.25, 0.3) is 0 Å². The molecule has 0 amide bonds. The van der Waals surface area contributed by atoms with E-state index in [1.807, 2.05) is 0 Å². The third-order valence-electron chi connectivity index (χ3n) is 2.33. The van der Waals surface area contributed by atoms with Crippen molar-refractivity contribution in [3.63, 3.8) is 0 Å². The fourth-order valence-electron chi connectivity index (χ4n) is 1.61. The molecule has 2 N–H and O–H groups in total. The van der Waals surface area contributed by atoms with Gasteiger partial charge >= 0.3 is 5.97 Å². The number of carbonyl (C=O) groups is 1. The van der Waals surface area contributed by atoms with Crippen molar-refractivity contribution in [1.29, 1.82) is 0 Å². The largest absolute Gasteiger partial charge is 0.478 e. The van der Waals surface area contributed by atoms with Crippen LogP contribution in [-0.4, -0.2) is 27.8 Å². The summed E-state index contributed by atoms with van der Waals surface area (Å²) in [4.78, 5) is 14.7. The SMILES string of the molecule is Cc1nc2cc(/C(=C/C(=O)O)CO)ccc2o1. The molecule has 1 aromatic carbocycles. The molecule has 0 saturated heterocycles. The normalized spacial score (nSPS) is 12.0. The number of hydrogen-bond donors (Lipinski definition) is 2. The van der Waals surface area contributed by atoms with E-state index < -0.39 is 5.97 Å². The van der Waals surface area contributed by atoms with Gasteiger partial charge < -0.3 is 14.6 Å². The van der Waals surface area contributed by atoms with Crippen LogP contribution < -0.4 is 0 Å².